The molecule has 0 spiro atoms. The van der Waals surface area contributed by atoms with E-state index < -0.39 is 0 Å². The molecule has 0 aliphatic carbocycles. The molecule has 2 aromatic rings. The lowest BCUT2D eigenvalue weighted by atomic mass is 10.1. The van der Waals surface area contributed by atoms with E-state index in [0.29, 0.717) is 32.8 Å². The number of methoxy groups -OCH3 is 2. The summed E-state index contributed by atoms with van der Waals surface area (Å²) in [4.78, 5) is 26.0. The van der Waals surface area contributed by atoms with Gasteiger partial charge in [0.05, 0.1) is 37.2 Å². The first-order chi connectivity index (χ1) is 12.8. The van der Waals surface area contributed by atoms with Crippen molar-refractivity contribution in [1.82, 2.24) is 4.90 Å². The number of ether oxygens (including phenoxy) is 2. The Morgan fingerprint density at radius 1 is 1.04 bits per heavy atom. The number of hydrogen-bond donors (Lipinski definition) is 1. The van der Waals surface area contributed by atoms with Crippen molar-refractivity contribution in [2.75, 3.05) is 33.1 Å². The minimum atomic E-state index is -0.346. The van der Waals surface area contributed by atoms with Crippen molar-refractivity contribution in [1.29, 1.82) is 0 Å². The first-order valence-electron chi connectivity index (χ1n) is 8.03. The van der Waals surface area contributed by atoms with Gasteiger partial charge in [0, 0.05) is 18.3 Å². The first-order valence-corrected chi connectivity index (χ1v) is 8.79. The van der Waals surface area contributed by atoms with Crippen molar-refractivity contribution >= 4 is 40.7 Å². The predicted octanol–water partition coefficient (Wildman–Crippen LogP) is 3.65. The molecule has 0 radical (unpaired) electrons. The maximum atomic E-state index is 12.5. The van der Waals surface area contributed by atoms with Gasteiger partial charge < -0.3 is 19.7 Å². The van der Waals surface area contributed by atoms with E-state index in [2.05, 4.69) is 5.32 Å². The molecule has 2 rings (SSSR count). The monoisotopic (exact) mass is 410 g/mol. The molecule has 1 N–H and O–H groups in total. The molecule has 0 bridgehead atoms. The van der Waals surface area contributed by atoms with E-state index in [1.165, 1.54) is 12.0 Å². The molecule has 0 saturated heterocycles. The van der Waals surface area contributed by atoms with Crippen LogP contribution < -0.4 is 14.8 Å². The second-order valence-electron chi connectivity index (χ2n) is 5.78. The lowest BCUT2D eigenvalue weighted by molar-refractivity contribution is -0.132. The zero-order chi connectivity index (χ0) is 20.0. The SMILES string of the molecule is COc1ccc(OC)c(CC(=O)N(C)CC(=O)Nc2ccc(Cl)c(Cl)c2)c1. The number of carbonyl (C=O) groups is 2. The molecule has 0 aromatic heterocycles. The van der Waals surface area contributed by atoms with Gasteiger partial charge in [0.25, 0.3) is 0 Å². The molecule has 8 heteroatoms. The van der Waals surface area contributed by atoms with Crippen LogP contribution in [-0.4, -0.2) is 44.5 Å². The molecule has 27 heavy (non-hydrogen) atoms. The van der Waals surface area contributed by atoms with Gasteiger partial charge in [-0.25, -0.2) is 0 Å². The van der Waals surface area contributed by atoms with E-state index in [0.717, 1.165) is 0 Å². The number of nitrogens with zero attached hydrogens (tertiary/aromatic N) is 1. The topological polar surface area (TPSA) is 67.9 Å². The summed E-state index contributed by atoms with van der Waals surface area (Å²) in [5.41, 5.74) is 1.18. The Kier molecular flexibility index (Phi) is 7.33. The third-order valence-corrected chi connectivity index (χ3v) is 4.58. The molecular weight excluding hydrogens is 391 g/mol. The van der Waals surface area contributed by atoms with Gasteiger partial charge in [0.1, 0.15) is 11.5 Å². The lowest BCUT2D eigenvalue weighted by Crippen LogP contribution is -2.35. The highest BCUT2D eigenvalue weighted by atomic mass is 35.5. The molecule has 2 amide bonds. The average molecular weight is 411 g/mol. The summed E-state index contributed by atoms with van der Waals surface area (Å²) in [7, 11) is 4.64. The Morgan fingerprint density at radius 3 is 2.41 bits per heavy atom. The highest BCUT2D eigenvalue weighted by Gasteiger charge is 2.16. The normalized spacial score (nSPS) is 10.3. The summed E-state index contributed by atoms with van der Waals surface area (Å²) in [6, 6.07) is 9.99. The Balaban J connectivity index is 1.98. The maximum Gasteiger partial charge on any atom is 0.243 e. The van der Waals surface area contributed by atoms with Gasteiger partial charge in [0.2, 0.25) is 11.8 Å². The van der Waals surface area contributed by atoms with Gasteiger partial charge in [-0.05, 0) is 36.4 Å². The largest absolute Gasteiger partial charge is 0.497 e. The van der Waals surface area contributed by atoms with Crippen LogP contribution in [0.2, 0.25) is 10.0 Å². The predicted molar refractivity (Wildman–Crippen MR) is 106 cm³/mol. The standard InChI is InChI=1S/C19H20Cl2N2O4/c1-23(11-18(24)22-13-4-6-15(20)16(21)10-13)19(25)9-12-8-14(26-2)5-7-17(12)27-3/h4-8,10H,9,11H2,1-3H3,(H,22,24). The number of rotatable bonds is 7. The number of anilines is 1. The van der Waals surface area contributed by atoms with Crippen molar-refractivity contribution in [2.45, 2.75) is 6.42 Å². The van der Waals surface area contributed by atoms with E-state index in [9.17, 15) is 9.59 Å². The Morgan fingerprint density at radius 2 is 1.78 bits per heavy atom. The summed E-state index contributed by atoms with van der Waals surface area (Å²) in [5.74, 6) is 0.629. The number of halogens is 2. The van der Waals surface area contributed by atoms with Crippen LogP contribution in [0, 0.1) is 0 Å². The second kappa shape index (κ2) is 9.48. The molecule has 0 aliphatic rings. The molecule has 6 nitrogen and oxygen atoms in total. The quantitative estimate of drug-likeness (QED) is 0.756. The van der Waals surface area contributed by atoms with Crippen molar-refractivity contribution in [2.24, 2.45) is 0 Å². The second-order valence-corrected chi connectivity index (χ2v) is 6.60. The molecule has 0 aliphatic heterocycles. The number of carbonyl (C=O) groups excluding carboxylic acids is 2. The molecule has 2 aromatic carbocycles. The summed E-state index contributed by atoms with van der Waals surface area (Å²) >= 11 is 11.8. The molecule has 0 unspecified atom stereocenters. The van der Waals surface area contributed by atoms with E-state index >= 15 is 0 Å². The smallest absolute Gasteiger partial charge is 0.243 e. The fourth-order valence-corrected chi connectivity index (χ4v) is 2.69. The lowest BCUT2D eigenvalue weighted by Gasteiger charge is -2.18. The average Bonchev–Trinajstić information content (AvgIpc) is 2.64. The molecule has 0 heterocycles. The van der Waals surface area contributed by atoms with Crippen molar-refractivity contribution in [3.63, 3.8) is 0 Å². The zero-order valence-electron chi connectivity index (χ0n) is 15.2. The van der Waals surface area contributed by atoms with Crippen LogP contribution >= 0.6 is 23.2 Å². The van der Waals surface area contributed by atoms with Gasteiger partial charge in [-0.15, -0.1) is 0 Å². The summed E-state index contributed by atoms with van der Waals surface area (Å²) in [6.07, 6.45) is 0.0803. The van der Waals surface area contributed by atoms with E-state index in [-0.39, 0.29) is 24.8 Å². The number of benzene rings is 2. The molecule has 0 fully saturated rings. The number of likely N-dealkylation sites (N-methyl/N-ethyl adjacent to an activating group) is 1. The Labute approximate surface area is 168 Å². The molecular formula is C19H20Cl2N2O4. The third kappa shape index (κ3) is 5.77. The highest BCUT2D eigenvalue weighted by molar-refractivity contribution is 6.42. The van der Waals surface area contributed by atoms with Crippen LogP contribution in [0.4, 0.5) is 5.69 Å². The van der Waals surface area contributed by atoms with E-state index in [1.807, 2.05) is 0 Å². The van der Waals surface area contributed by atoms with Crippen LogP contribution in [0.5, 0.6) is 11.5 Å². The van der Waals surface area contributed by atoms with E-state index in [1.54, 1.807) is 50.6 Å². The van der Waals surface area contributed by atoms with Crippen LogP contribution in [-0.2, 0) is 16.0 Å². The number of amides is 2. The Hall–Kier alpha value is -2.44. The van der Waals surface area contributed by atoms with Crippen LogP contribution in [0.15, 0.2) is 36.4 Å². The van der Waals surface area contributed by atoms with Gasteiger partial charge in [-0.3, -0.25) is 9.59 Å². The summed E-state index contributed by atoms with van der Waals surface area (Å²) in [5, 5.41) is 3.41. The van der Waals surface area contributed by atoms with Crippen molar-refractivity contribution in [3.05, 3.63) is 52.0 Å². The van der Waals surface area contributed by atoms with Crippen molar-refractivity contribution < 1.29 is 19.1 Å². The summed E-state index contributed by atoms with van der Waals surface area (Å²) < 4.78 is 10.5. The fourth-order valence-electron chi connectivity index (χ4n) is 2.40. The minimum Gasteiger partial charge on any atom is -0.497 e. The first kappa shape index (κ1) is 20.9. The van der Waals surface area contributed by atoms with Gasteiger partial charge >= 0.3 is 0 Å². The van der Waals surface area contributed by atoms with Gasteiger partial charge in [-0.1, -0.05) is 23.2 Å². The van der Waals surface area contributed by atoms with Crippen LogP contribution in [0.25, 0.3) is 0 Å². The van der Waals surface area contributed by atoms with Gasteiger partial charge in [0.15, 0.2) is 0 Å². The molecule has 0 saturated carbocycles. The van der Waals surface area contributed by atoms with Crippen LogP contribution in [0.3, 0.4) is 0 Å². The molecule has 144 valence electrons. The van der Waals surface area contributed by atoms with Crippen LogP contribution in [0.1, 0.15) is 5.56 Å². The summed E-state index contributed by atoms with van der Waals surface area (Å²) in [6.45, 7) is -0.106. The number of nitrogens with one attached hydrogen (secondary N) is 1. The molecule has 0 atom stereocenters. The fraction of sp³-hybridized carbons (Fsp3) is 0.263. The minimum absolute atomic E-state index is 0.0803. The maximum absolute atomic E-state index is 12.5. The van der Waals surface area contributed by atoms with E-state index in [4.69, 9.17) is 32.7 Å². The number of hydrogen-bond acceptors (Lipinski definition) is 4. The zero-order valence-corrected chi connectivity index (χ0v) is 16.7. The van der Waals surface area contributed by atoms with Gasteiger partial charge in [-0.2, -0.15) is 0 Å². The van der Waals surface area contributed by atoms with Crippen molar-refractivity contribution in [3.8, 4) is 11.5 Å². The third-order valence-electron chi connectivity index (χ3n) is 3.84. The Bertz CT molecular complexity index is 842. The highest BCUT2D eigenvalue weighted by Crippen LogP contribution is 2.26.